The maximum atomic E-state index is 12.4. The van der Waals surface area contributed by atoms with Gasteiger partial charge in [-0.25, -0.2) is 13.1 Å². The number of rotatable bonds is 7. The summed E-state index contributed by atoms with van der Waals surface area (Å²) in [5, 5.41) is 0. The van der Waals surface area contributed by atoms with Crippen LogP contribution in [0.3, 0.4) is 0 Å². The van der Waals surface area contributed by atoms with Gasteiger partial charge in [0.1, 0.15) is 0 Å². The van der Waals surface area contributed by atoms with Crippen LogP contribution >= 0.6 is 0 Å². The minimum absolute atomic E-state index is 0.0846. The molecule has 0 heterocycles. The molecule has 0 radical (unpaired) electrons. The van der Waals surface area contributed by atoms with Gasteiger partial charge in [-0.05, 0) is 55.2 Å². The Balaban J connectivity index is 2.02. The van der Waals surface area contributed by atoms with Crippen LogP contribution in [0.15, 0.2) is 47.4 Å². The maximum absolute atomic E-state index is 12.4. The van der Waals surface area contributed by atoms with Gasteiger partial charge in [0.25, 0.3) is 0 Å². The van der Waals surface area contributed by atoms with E-state index in [0.717, 1.165) is 22.3 Å². The van der Waals surface area contributed by atoms with Crippen molar-refractivity contribution in [2.24, 2.45) is 0 Å². The molecule has 0 saturated carbocycles. The largest absolute Gasteiger partial charge is 0.337 e. The molecule has 0 saturated heterocycles. The third kappa shape index (κ3) is 5.16. The monoisotopic (exact) mass is 374 g/mol. The van der Waals surface area contributed by atoms with Gasteiger partial charge in [0.05, 0.1) is 4.90 Å². The van der Waals surface area contributed by atoms with Crippen molar-refractivity contribution in [3.05, 3.63) is 64.7 Å². The predicted octanol–water partition coefficient (Wildman–Crippen LogP) is 2.94. The molecule has 0 atom stereocenters. The fraction of sp³-hybridized carbons (Fsp3) is 0.350. The Bertz CT molecular complexity index is 892. The summed E-state index contributed by atoms with van der Waals surface area (Å²) in [6, 6.07) is 12.9. The number of amides is 1. The number of hydrogen-bond donors (Lipinski definition) is 1. The zero-order valence-electron chi connectivity index (χ0n) is 15.7. The van der Waals surface area contributed by atoms with Crippen molar-refractivity contribution in [1.82, 2.24) is 9.62 Å². The van der Waals surface area contributed by atoms with Gasteiger partial charge in [-0.1, -0.05) is 30.3 Å². The van der Waals surface area contributed by atoms with Crippen LogP contribution in [-0.2, 0) is 21.4 Å². The molecule has 6 heteroatoms. The van der Waals surface area contributed by atoms with Crippen LogP contribution < -0.4 is 4.72 Å². The lowest BCUT2D eigenvalue weighted by Crippen LogP contribution is -2.37. The highest BCUT2D eigenvalue weighted by Crippen LogP contribution is 2.15. The van der Waals surface area contributed by atoms with Crippen molar-refractivity contribution in [2.45, 2.75) is 39.1 Å². The molecular formula is C20H26N2O3S. The van der Waals surface area contributed by atoms with Gasteiger partial charge in [0.15, 0.2) is 0 Å². The quantitative estimate of drug-likeness (QED) is 0.810. The number of benzene rings is 2. The van der Waals surface area contributed by atoms with Crippen molar-refractivity contribution in [2.75, 3.05) is 13.1 Å². The zero-order chi connectivity index (χ0) is 19.3. The van der Waals surface area contributed by atoms with Crippen molar-refractivity contribution in [3.8, 4) is 0 Å². The average Bonchev–Trinajstić information content (AvgIpc) is 2.57. The zero-order valence-corrected chi connectivity index (χ0v) is 16.6. The minimum atomic E-state index is -3.59. The lowest BCUT2D eigenvalue weighted by molar-refractivity contribution is -0.129. The van der Waals surface area contributed by atoms with Crippen molar-refractivity contribution in [1.29, 1.82) is 0 Å². The van der Waals surface area contributed by atoms with Crippen LogP contribution in [0, 0.1) is 20.8 Å². The van der Waals surface area contributed by atoms with Gasteiger partial charge in [-0.3, -0.25) is 4.79 Å². The Morgan fingerprint density at radius 2 is 1.69 bits per heavy atom. The Morgan fingerprint density at radius 3 is 2.31 bits per heavy atom. The Kier molecular flexibility index (Phi) is 6.56. The molecule has 5 nitrogen and oxygen atoms in total. The highest BCUT2D eigenvalue weighted by Gasteiger charge is 2.16. The molecule has 1 amide bonds. The van der Waals surface area contributed by atoms with E-state index < -0.39 is 10.0 Å². The van der Waals surface area contributed by atoms with E-state index in [-0.39, 0.29) is 17.3 Å². The number of nitrogens with one attached hydrogen (secondary N) is 1. The van der Waals surface area contributed by atoms with Gasteiger partial charge in [0, 0.05) is 26.6 Å². The Hall–Kier alpha value is -2.18. The molecule has 0 aliphatic carbocycles. The first kappa shape index (κ1) is 20.1. The standard InChI is InChI=1S/C20H26N2O3S/c1-15-9-10-20(13-17(15)3)26(24,25)21-11-12-22(18(4)23)14-19-8-6-5-7-16(19)2/h5-10,13,21H,11-12,14H2,1-4H3. The first-order chi connectivity index (χ1) is 12.2. The van der Waals surface area contributed by atoms with E-state index in [1.54, 1.807) is 23.1 Å². The van der Waals surface area contributed by atoms with E-state index in [0.29, 0.717) is 13.1 Å². The van der Waals surface area contributed by atoms with Gasteiger partial charge < -0.3 is 4.90 Å². The predicted molar refractivity (Wildman–Crippen MR) is 103 cm³/mol. The first-order valence-electron chi connectivity index (χ1n) is 8.57. The van der Waals surface area contributed by atoms with E-state index in [2.05, 4.69) is 4.72 Å². The molecule has 0 spiro atoms. The van der Waals surface area contributed by atoms with Crippen LogP contribution in [0.2, 0.25) is 0 Å². The third-order valence-electron chi connectivity index (χ3n) is 4.53. The average molecular weight is 375 g/mol. The topological polar surface area (TPSA) is 66.5 Å². The fourth-order valence-electron chi connectivity index (χ4n) is 2.62. The molecular weight excluding hydrogens is 348 g/mol. The van der Waals surface area contributed by atoms with Crippen molar-refractivity contribution < 1.29 is 13.2 Å². The van der Waals surface area contributed by atoms with Crippen LogP contribution in [0.25, 0.3) is 0 Å². The first-order valence-corrected chi connectivity index (χ1v) is 10.1. The van der Waals surface area contributed by atoms with Gasteiger partial charge in [0.2, 0.25) is 15.9 Å². The second-order valence-electron chi connectivity index (χ2n) is 6.51. The number of carbonyl (C=O) groups is 1. The second kappa shape index (κ2) is 8.47. The van der Waals surface area contributed by atoms with E-state index >= 15 is 0 Å². The van der Waals surface area contributed by atoms with Gasteiger partial charge >= 0.3 is 0 Å². The molecule has 2 rings (SSSR count). The SMILES string of the molecule is CC(=O)N(CCNS(=O)(=O)c1ccc(C)c(C)c1)Cc1ccccc1C. The molecule has 0 fully saturated rings. The number of sulfonamides is 1. The molecule has 26 heavy (non-hydrogen) atoms. The summed E-state index contributed by atoms with van der Waals surface area (Å²) in [6.07, 6.45) is 0. The van der Waals surface area contributed by atoms with E-state index in [4.69, 9.17) is 0 Å². The summed E-state index contributed by atoms with van der Waals surface area (Å²) in [6.45, 7) is 8.26. The van der Waals surface area contributed by atoms with E-state index in [1.165, 1.54) is 6.92 Å². The van der Waals surface area contributed by atoms with Crippen LogP contribution in [-0.4, -0.2) is 32.3 Å². The molecule has 140 valence electrons. The molecule has 1 N–H and O–H groups in total. The lowest BCUT2D eigenvalue weighted by Gasteiger charge is -2.22. The smallest absolute Gasteiger partial charge is 0.240 e. The molecule has 2 aromatic carbocycles. The highest BCUT2D eigenvalue weighted by atomic mass is 32.2. The highest BCUT2D eigenvalue weighted by molar-refractivity contribution is 7.89. The summed E-state index contributed by atoms with van der Waals surface area (Å²) >= 11 is 0. The molecule has 2 aromatic rings. The lowest BCUT2D eigenvalue weighted by atomic mass is 10.1. The summed E-state index contributed by atoms with van der Waals surface area (Å²) in [5.74, 6) is -0.0846. The maximum Gasteiger partial charge on any atom is 0.240 e. The molecule has 0 aromatic heterocycles. The minimum Gasteiger partial charge on any atom is -0.337 e. The number of hydrogen-bond acceptors (Lipinski definition) is 3. The molecule has 0 aliphatic heterocycles. The molecule has 0 bridgehead atoms. The van der Waals surface area contributed by atoms with Crippen molar-refractivity contribution in [3.63, 3.8) is 0 Å². The van der Waals surface area contributed by atoms with Crippen LogP contribution in [0.1, 0.15) is 29.2 Å². The Labute approximate surface area is 156 Å². The third-order valence-corrected chi connectivity index (χ3v) is 5.99. The van der Waals surface area contributed by atoms with Crippen LogP contribution in [0.5, 0.6) is 0 Å². The number of aryl methyl sites for hydroxylation is 3. The summed E-state index contributed by atoms with van der Waals surface area (Å²) in [7, 11) is -3.59. The van der Waals surface area contributed by atoms with E-state index in [9.17, 15) is 13.2 Å². The van der Waals surface area contributed by atoms with Gasteiger partial charge in [-0.15, -0.1) is 0 Å². The Morgan fingerprint density at radius 1 is 1.00 bits per heavy atom. The second-order valence-corrected chi connectivity index (χ2v) is 8.28. The van der Waals surface area contributed by atoms with Crippen molar-refractivity contribution >= 4 is 15.9 Å². The summed E-state index contributed by atoms with van der Waals surface area (Å²) in [5.41, 5.74) is 4.14. The number of nitrogens with zero attached hydrogens (tertiary/aromatic N) is 1. The van der Waals surface area contributed by atoms with E-state index in [1.807, 2.05) is 45.0 Å². The summed E-state index contributed by atoms with van der Waals surface area (Å²) in [4.78, 5) is 13.8. The normalized spacial score (nSPS) is 11.4. The fourth-order valence-corrected chi connectivity index (χ4v) is 3.73. The summed E-state index contributed by atoms with van der Waals surface area (Å²) < 4.78 is 27.5. The van der Waals surface area contributed by atoms with Crippen LogP contribution in [0.4, 0.5) is 0 Å². The molecule has 0 unspecified atom stereocenters. The molecule has 0 aliphatic rings. The number of carbonyl (C=O) groups excluding carboxylic acids is 1. The van der Waals surface area contributed by atoms with Gasteiger partial charge in [-0.2, -0.15) is 0 Å².